The van der Waals surface area contributed by atoms with E-state index in [1.807, 2.05) is 24.3 Å². The summed E-state index contributed by atoms with van der Waals surface area (Å²) in [4.78, 5) is 12.0. The molecule has 0 bridgehead atoms. The van der Waals surface area contributed by atoms with Gasteiger partial charge in [-0.25, -0.2) is 0 Å². The van der Waals surface area contributed by atoms with Crippen molar-refractivity contribution in [2.24, 2.45) is 5.92 Å². The van der Waals surface area contributed by atoms with Gasteiger partial charge in [-0.1, -0.05) is 31.9 Å². The number of benzene rings is 1. The predicted molar refractivity (Wildman–Crippen MR) is 88.9 cm³/mol. The van der Waals surface area contributed by atoms with Gasteiger partial charge in [-0.2, -0.15) is 0 Å². The highest BCUT2D eigenvalue weighted by molar-refractivity contribution is 14.1. The second kappa shape index (κ2) is 7.98. The number of carbonyl (C=O) groups excluding carboxylic acids is 1. The molecule has 0 saturated heterocycles. The second-order valence-corrected chi connectivity index (χ2v) is 6.57. The zero-order valence-electron chi connectivity index (χ0n) is 11.9. The minimum absolute atomic E-state index is 0.0182. The van der Waals surface area contributed by atoms with Crippen LogP contribution in [0.15, 0.2) is 24.3 Å². The lowest BCUT2D eigenvalue weighted by Gasteiger charge is -2.28. The van der Waals surface area contributed by atoms with Crippen molar-refractivity contribution < 1.29 is 9.53 Å². The van der Waals surface area contributed by atoms with E-state index in [4.69, 9.17) is 4.74 Å². The molecule has 4 heteroatoms. The van der Waals surface area contributed by atoms with Crippen molar-refractivity contribution in [1.82, 2.24) is 5.32 Å². The Morgan fingerprint density at radius 3 is 2.85 bits per heavy atom. The number of nitrogens with one attached hydrogen (secondary N) is 1. The lowest BCUT2D eigenvalue weighted by atomic mass is 9.88. The summed E-state index contributed by atoms with van der Waals surface area (Å²) >= 11 is 2.18. The number of carbonyl (C=O) groups is 1. The van der Waals surface area contributed by atoms with Gasteiger partial charge in [0.25, 0.3) is 5.91 Å². The predicted octanol–water partition coefficient (Wildman–Crippen LogP) is 3.62. The van der Waals surface area contributed by atoms with Crippen LogP contribution in [0.25, 0.3) is 0 Å². The first-order valence-corrected chi connectivity index (χ1v) is 8.40. The Labute approximate surface area is 134 Å². The summed E-state index contributed by atoms with van der Waals surface area (Å²) in [5.41, 5.74) is 0.735. The Balaban J connectivity index is 1.71. The Hall–Kier alpha value is -0.620. The topological polar surface area (TPSA) is 38.3 Å². The van der Waals surface area contributed by atoms with Crippen LogP contribution >= 0.6 is 22.6 Å². The maximum absolute atomic E-state index is 12.0. The zero-order chi connectivity index (χ0) is 14.4. The summed E-state index contributed by atoms with van der Waals surface area (Å²) in [7, 11) is 0. The molecule has 0 aromatic heterocycles. The van der Waals surface area contributed by atoms with Crippen LogP contribution in [0.2, 0.25) is 0 Å². The van der Waals surface area contributed by atoms with Gasteiger partial charge in [0.15, 0.2) is 0 Å². The Morgan fingerprint density at radius 1 is 1.35 bits per heavy atom. The van der Waals surface area contributed by atoms with Crippen molar-refractivity contribution in [2.45, 2.75) is 38.7 Å². The molecule has 0 heterocycles. The van der Waals surface area contributed by atoms with E-state index in [0.717, 1.165) is 15.6 Å². The fourth-order valence-corrected chi connectivity index (χ4v) is 3.28. The highest BCUT2D eigenvalue weighted by atomic mass is 127. The molecule has 1 aliphatic carbocycles. The highest BCUT2D eigenvalue weighted by Crippen LogP contribution is 2.25. The minimum Gasteiger partial charge on any atom is -0.376 e. The van der Waals surface area contributed by atoms with E-state index < -0.39 is 0 Å². The van der Waals surface area contributed by atoms with Gasteiger partial charge in [-0.15, -0.1) is 0 Å². The summed E-state index contributed by atoms with van der Waals surface area (Å²) in [6, 6.07) is 7.61. The molecule has 0 radical (unpaired) electrons. The van der Waals surface area contributed by atoms with Crippen LogP contribution in [-0.2, 0) is 4.74 Å². The van der Waals surface area contributed by atoms with Crippen LogP contribution in [0.4, 0.5) is 0 Å². The van der Waals surface area contributed by atoms with Gasteiger partial charge >= 0.3 is 0 Å². The van der Waals surface area contributed by atoms with Crippen molar-refractivity contribution in [3.8, 4) is 0 Å². The first-order chi connectivity index (χ1) is 9.68. The van der Waals surface area contributed by atoms with Crippen molar-refractivity contribution in [3.05, 3.63) is 33.4 Å². The van der Waals surface area contributed by atoms with Gasteiger partial charge < -0.3 is 10.1 Å². The second-order valence-electron chi connectivity index (χ2n) is 5.41. The van der Waals surface area contributed by atoms with Gasteiger partial charge in [0.1, 0.15) is 0 Å². The molecule has 0 aliphatic heterocycles. The average Bonchev–Trinajstić information content (AvgIpc) is 2.45. The zero-order valence-corrected chi connectivity index (χ0v) is 14.1. The van der Waals surface area contributed by atoms with Crippen molar-refractivity contribution in [2.75, 3.05) is 13.2 Å². The number of ether oxygens (including phenoxy) is 1. The molecule has 2 rings (SSSR count). The fraction of sp³-hybridized carbons (Fsp3) is 0.562. The van der Waals surface area contributed by atoms with Gasteiger partial charge in [-0.3, -0.25) is 4.79 Å². The number of rotatable bonds is 5. The van der Waals surface area contributed by atoms with E-state index >= 15 is 0 Å². The smallest absolute Gasteiger partial charge is 0.252 e. The highest BCUT2D eigenvalue weighted by Gasteiger charge is 2.21. The van der Waals surface area contributed by atoms with Crippen LogP contribution in [0.1, 0.15) is 43.0 Å². The van der Waals surface area contributed by atoms with Crippen LogP contribution in [0, 0.1) is 9.49 Å². The Kier molecular flexibility index (Phi) is 6.29. The van der Waals surface area contributed by atoms with Gasteiger partial charge in [0.05, 0.1) is 18.3 Å². The molecular formula is C16H22INO2. The van der Waals surface area contributed by atoms with E-state index in [-0.39, 0.29) is 5.91 Å². The Morgan fingerprint density at radius 2 is 2.10 bits per heavy atom. The Bertz CT molecular complexity index is 450. The standard InChI is InChI=1S/C16H22INO2/c1-12-6-2-5-9-15(12)20-11-10-18-16(19)13-7-3-4-8-14(13)17/h3-4,7-8,12,15H,2,5-6,9-11H2,1H3,(H,18,19). The fourth-order valence-electron chi connectivity index (χ4n) is 2.65. The molecule has 1 amide bonds. The normalized spacial score (nSPS) is 22.5. The number of hydrogen-bond acceptors (Lipinski definition) is 2. The SMILES string of the molecule is CC1CCCCC1OCCNC(=O)c1ccccc1I. The molecule has 110 valence electrons. The first-order valence-electron chi connectivity index (χ1n) is 7.33. The third-order valence-electron chi connectivity index (χ3n) is 3.87. The molecule has 1 N–H and O–H groups in total. The maximum atomic E-state index is 12.0. The average molecular weight is 387 g/mol. The van der Waals surface area contributed by atoms with Crippen LogP contribution < -0.4 is 5.32 Å². The molecule has 1 aromatic carbocycles. The van der Waals surface area contributed by atoms with Crippen molar-refractivity contribution >= 4 is 28.5 Å². The first kappa shape index (κ1) is 15.8. The quantitative estimate of drug-likeness (QED) is 0.619. The van der Waals surface area contributed by atoms with Gasteiger partial charge in [0.2, 0.25) is 0 Å². The van der Waals surface area contributed by atoms with Crippen LogP contribution in [0.3, 0.4) is 0 Å². The third-order valence-corrected chi connectivity index (χ3v) is 4.81. The van der Waals surface area contributed by atoms with E-state index in [2.05, 4.69) is 34.8 Å². The van der Waals surface area contributed by atoms with E-state index in [1.165, 1.54) is 19.3 Å². The number of halogens is 1. The van der Waals surface area contributed by atoms with Gasteiger partial charge in [-0.05, 0) is 53.5 Å². The number of amides is 1. The molecule has 1 saturated carbocycles. The molecule has 3 nitrogen and oxygen atoms in total. The lowest BCUT2D eigenvalue weighted by Crippen LogP contribution is -2.32. The summed E-state index contributed by atoms with van der Waals surface area (Å²) in [5.74, 6) is 0.629. The van der Waals surface area contributed by atoms with Crippen molar-refractivity contribution in [3.63, 3.8) is 0 Å². The summed E-state index contributed by atoms with van der Waals surface area (Å²) in [6.07, 6.45) is 5.39. The number of hydrogen-bond donors (Lipinski definition) is 1. The lowest BCUT2D eigenvalue weighted by molar-refractivity contribution is -0.00294. The molecule has 1 aromatic rings. The molecule has 2 unspecified atom stereocenters. The van der Waals surface area contributed by atoms with Crippen molar-refractivity contribution in [1.29, 1.82) is 0 Å². The van der Waals surface area contributed by atoms with E-state index in [9.17, 15) is 4.79 Å². The summed E-state index contributed by atoms with van der Waals surface area (Å²) in [5, 5.41) is 2.93. The maximum Gasteiger partial charge on any atom is 0.252 e. The molecule has 2 atom stereocenters. The molecule has 20 heavy (non-hydrogen) atoms. The minimum atomic E-state index is -0.0182. The summed E-state index contributed by atoms with van der Waals surface area (Å²) in [6.45, 7) is 3.44. The summed E-state index contributed by atoms with van der Waals surface area (Å²) < 4.78 is 6.87. The molecule has 0 spiro atoms. The molecular weight excluding hydrogens is 365 g/mol. The van der Waals surface area contributed by atoms with Gasteiger partial charge in [0, 0.05) is 10.1 Å². The monoisotopic (exact) mass is 387 g/mol. The van der Waals surface area contributed by atoms with E-state index in [1.54, 1.807) is 0 Å². The third kappa shape index (κ3) is 4.45. The van der Waals surface area contributed by atoms with Crippen LogP contribution in [0.5, 0.6) is 0 Å². The van der Waals surface area contributed by atoms with E-state index in [0.29, 0.717) is 25.2 Å². The molecule has 1 fully saturated rings. The molecule has 1 aliphatic rings. The largest absolute Gasteiger partial charge is 0.376 e. The van der Waals surface area contributed by atoms with Crippen LogP contribution in [-0.4, -0.2) is 25.2 Å².